The Balaban J connectivity index is 2.00. The molecule has 3 rings (SSSR count). The van der Waals surface area contributed by atoms with Crippen molar-refractivity contribution in [2.75, 3.05) is 7.05 Å². The first-order chi connectivity index (χ1) is 9.31. The van der Waals surface area contributed by atoms with Crippen LogP contribution >= 0.6 is 11.3 Å². The first-order valence-corrected chi connectivity index (χ1v) is 7.84. The van der Waals surface area contributed by atoms with Gasteiger partial charge in [0, 0.05) is 28.7 Å². The fourth-order valence-electron chi connectivity index (χ4n) is 3.19. The van der Waals surface area contributed by atoms with E-state index in [2.05, 4.69) is 47.9 Å². The first kappa shape index (κ1) is 12.8. The van der Waals surface area contributed by atoms with Gasteiger partial charge in [0.1, 0.15) is 0 Å². The summed E-state index contributed by atoms with van der Waals surface area (Å²) < 4.78 is 0. The molecule has 0 fully saturated rings. The maximum Gasteiger partial charge on any atom is 0.0499 e. The third kappa shape index (κ3) is 2.33. The number of fused-ring (bicyclic) bond motifs is 1. The molecule has 2 atom stereocenters. The molecule has 2 aromatic heterocycles. The van der Waals surface area contributed by atoms with E-state index in [4.69, 9.17) is 0 Å². The smallest absolute Gasteiger partial charge is 0.0499 e. The fraction of sp³-hybridized carbons (Fsp3) is 0.438. The minimum Gasteiger partial charge on any atom is -0.312 e. The highest BCUT2D eigenvalue weighted by atomic mass is 32.1. The quantitative estimate of drug-likeness (QED) is 0.918. The van der Waals surface area contributed by atoms with Gasteiger partial charge in [0.25, 0.3) is 0 Å². The fourth-order valence-corrected chi connectivity index (χ4v) is 4.29. The summed E-state index contributed by atoms with van der Waals surface area (Å²) in [6, 6.07) is 6.91. The van der Waals surface area contributed by atoms with Gasteiger partial charge >= 0.3 is 0 Å². The van der Waals surface area contributed by atoms with Crippen molar-refractivity contribution >= 4 is 11.3 Å². The minimum atomic E-state index is 0.397. The number of likely N-dealkylation sites (N-methyl/N-ethyl adjacent to an activating group) is 1. The number of nitrogens with one attached hydrogen (secondary N) is 1. The van der Waals surface area contributed by atoms with Crippen molar-refractivity contribution in [1.82, 2.24) is 10.3 Å². The van der Waals surface area contributed by atoms with Gasteiger partial charge in [-0.3, -0.25) is 4.98 Å². The molecule has 0 aromatic carbocycles. The second-order valence-electron chi connectivity index (χ2n) is 5.28. The lowest BCUT2D eigenvalue weighted by Crippen LogP contribution is -2.27. The molecule has 1 aliphatic rings. The van der Waals surface area contributed by atoms with Crippen LogP contribution in [0.15, 0.2) is 29.8 Å². The minimum absolute atomic E-state index is 0.397. The molecule has 1 aliphatic carbocycles. The van der Waals surface area contributed by atoms with Crippen molar-refractivity contribution in [2.24, 2.45) is 0 Å². The monoisotopic (exact) mass is 272 g/mol. The lowest BCUT2D eigenvalue weighted by molar-refractivity contribution is 0.419. The molecule has 0 radical (unpaired) electrons. The van der Waals surface area contributed by atoms with Gasteiger partial charge in [0.15, 0.2) is 0 Å². The maximum atomic E-state index is 4.67. The highest BCUT2D eigenvalue weighted by Gasteiger charge is 2.30. The van der Waals surface area contributed by atoms with Crippen LogP contribution in [0, 0.1) is 6.92 Å². The molecular formula is C16H20N2S. The number of nitrogens with zero attached hydrogens (tertiary/aromatic N) is 1. The van der Waals surface area contributed by atoms with Gasteiger partial charge in [-0.15, -0.1) is 11.3 Å². The summed E-state index contributed by atoms with van der Waals surface area (Å²) in [5.41, 5.74) is 4.14. The van der Waals surface area contributed by atoms with Crippen molar-refractivity contribution in [3.63, 3.8) is 0 Å². The highest BCUT2D eigenvalue weighted by molar-refractivity contribution is 7.10. The number of aromatic nitrogens is 1. The van der Waals surface area contributed by atoms with E-state index in [1.807, 2.05) is 17.5 Å². The second-order valence-corrected chi connectivity index (χ2v) is 6.23. The third-order valence-electron chi connectivity index (χ3n) is 4.14. The zero-order valence-corrected chi connectivity index (χ0v) is 12.3. The van der Waals surface area contributed by atoms with E-state index in [9.17, 15) is 0 Å². The molecule has 0 bridgehead atoms. The lowest BCUT2D eigenvalue weighted by Gasteiger charge is -2.31. The summed E-state index contributed by atoms with van der Waals surface area (Å²) in [5, 5.41) is 5.72. The summed E-state index contributed by atoms with van der Waals surface area (Å²) in [7, 11) is 2.07. The van der Waals surface area contributed by atoms with Crippen molar-refractivity contribution < 1.29 is 0 Å². The maximum absolute atomic E-state index is 4.67. The van der Waals surface area contributed by atoms with Gasteiger partial charge in [-0.05, 0) is 61.9 Å². The van der Waals surface area contributed by atoms with Crippen LogP contribution in [0.5, 0.6) is 0 Å². The molecule has 19 heavy (non-hydrogen) atoms. The molecule has 2 heterocycles. The van der Waals surface area contributed by atoms with Crippen molar-refractivity contribution in [1.29, 1.82) is 0 Å². The molecule has 2 nitrogen and oxygen atoms in total. The SMILES string of the molecule is CNC(c1sccc1C)C1CCCc2cccnc21. The van der Waals surface area contributed by atoms with E-state index in [1.165, 1.54) is 41.0 Å². The summed E-state index contributed by atoms with van der Waals surface area (Å²) in [4.78, 5) is 6.14. The highest BCUT2D eigenvalue weighted by Crippen LogP contribution is 2.41. The van der Waals surface area contributed by atoms with Crippen LogP contribution in [0.4, 0.5) is 0 Å². The number of pyridine rings is 1. The van der Waals surface area contributed by atoms with Gasteiger partial charge in [-0.1, -0.05) is 6.07 Å². The van der Waals surface area contributed by atoms with Crippen LogP contribution in [0.3, 0.4) is 0 Å². The topological polar surface area (TPSA) is 24.9 Å². The Morgan fingerprint density at radius 3 is 3.05 bits per heavy atom. The average Bonchev–Trinajstić information content (AvgIpc) is 2.86. The van der Waals surface area contributed by atoms with Crippen LogP contribution < -0.4 is 5.32 Å². The molecule has 0 saturated carbocycles. The summed E-state index contributed by atoms with van der Waals surface area (Å²) in [5.74, 6) is 0.507. The Bertz CT molecular complexity index is 561. The van der Waals surface area contributed by atoms with Gasteiger partial charge in [0.05, 0.1) is 0 Å². The van der Waals surface area contributed by atoms with Crippen LogP contribution in [0.25, 0.3) is 0 Å². The zero-order valence-electron chi connectivity index (χ0n) is 11.5. The standard InChI is InChI=1S/C16H20N2S/c1-11-8-10-19-16(11)15(17-2)13-7-3-5-12-6-4-9-18-14(12)13/h4,6,8-10,13,15,17H,3,5,7H2,1-2H3. The lowest BCUT2D eigenvalue weighted by atomic mass is 9.81. The van der Waals surface area contributed by atoms with E-state index in [1.54, 1.807) is 0 Å². The van der Waals surface area contributed by atoms with Crippen LogP contribution in [-0.4, -0.2) is 12.0 Å². The zero-order chi connectivity index (χ0) is 13.2. The summed E-state index contributed by atoms with van der Waals surface area (Å²) in [6.07, 6.45) is 5.61. The Hall–Kier alpha value is -1.19. The first-order valence-electron chi connectivity index (χ1n) is 6.96. The summed E-state index contributed by atoms with van der Waals surface area (Å²) >= 11 is 1.86. The van der Waals surface area contributed by atoms with E-state index >= 15 is 0 Å². The Labute approximate surface area is 118 Å². The molecule has 0 amide bonds. The molecule has 0 saturated heterocycles. The molecular weight excluding hydrogens is 252 g/mol. The second kappa shape index (κ2) is 5.43. The molecule has 100 valence electrons. The van der Waals surface area contributed by atoms with Gasteiger partial charge in [0.2, 0.25) is 0 Å². The summed E-state index contributed by atoms with van der Waals surface area (Å²) in [6.45, 7) is 2.21. The Kier molecular flexibility index (Phi) is 3.67. The predicted octanol–water partition coefficient (Wildman–Crippen LogP) is 3.83. The third-order valence-corrected chi connectivity index (χ3v) is 5.24. The molecule has 1 N–H and O–H groups in total. The van der Waals surface area contributed by atoms with Crippen molar-refractivity contribution in [3.05, 3.63) is 51.5 Å². The van der Waals surface area contributed by atoms with Gasteiger partial charge in [-0.2, -0.15) is 0 Å². The molecule has 0 aliphatic heterocycles. The molecule has 0 spiro atoms. The number of hydrogen-bond acceptors (Lipinski definition) is 3. The number of aryl methyl sites for hydroxylation is 2. The van der Waals surface area contributed by atoms with E-state index < -0.39 is 0 Å². The molecule has 2 aromatic rings. The number of thiophene rings is 1. The molecule has 3 heteroatoms. The largest absolute Gasteiger partial charge is 0.312 e. The van der Waals surface area contributed by atoms with Crippen molar-refractivity contribution in [3.8, 4) is 0 Å². The van der Waals surface area contributed by atoms with Crippen LogP contribution in [0.2, 0.25) is 0 Å². The number of hydrogen-bond donors (Lipinski definition) is 1. The van der Waals surface area contributed by atoms with Crippen molar-refractivity contribution in [2.45, 2.75) is 38.1 Å². The van der Waals surface area contributed by atoms with E-state index in [-0.39, 0.29) is 0 Å². The Morgan fingerprint density at radius 2 is 2.32 bits per heavy atom. The van der Waals surface area contributed by atoms with Crippen LogP contribution in [-0.2, 0) is 6.42 Å². The van der Waals surface area contributed by atoms with Gasteiger partial charge in [-0.25, -0.2) is 0 Å². The average molecular weight is 272 g/mol. The Morgan fingerprint density at radius 1 is 1.42 bits per heavy atom. The van der Waals surface area contributed by atoms with Gasteiger partial charge < -0.3 is 5.32 Å². The van der Waals surface area contributed by atoms with E-state index in [0.717, 1.165) is 0 Å². The molecule has 2 unspecified atom stereocenters. The van der Waals surface area contributed by atoms with E-state index in [0.29, 0.717) is 12.0 Å². The predicted molar refractivity (Wildman–Crippen MR) is 80.8 cm³/mol. The van der Waals surface area contributed by atoms with Crippen LogP contribution in [0.1, 0.15) is 46.5 Å². The normalized spacial score (nSPS) is 20.0. The number of rotatable bonds is 3.